The molecule has 0 bridgehead atoms. The lowest BCUT2D eigenvalue weighted by molar-refractivity contribution is 0.122. The van der Waals surface area contributed by atoms with E-state index in [4.69, 9.17) is 13.3 Å². The van der Waals surface area contributed by atoms with Crippen LogP contribution < -0.4 is 0 Å². The van der Waals surface area contributed by atoms with Crippen molar-refractivity contribution in [3.63, 3.8) is 0 Å². The average Bonchev–Trinajstić information content (AvgIpc) is 3.08. The zero-order valence-corrected chi connectivity index (χ0v) is 32.5. The minimum atomic E-state index is -2.35. The van der Waals surface area contributed by atoms with Gasteiger partial charge in [0.1, 0.15) is 0 Å². The zero-order chi connectivity index (χ0) is 33.5. The Hall–Kier alpha value is -0.523. The summed E-state index contributed by atoms with van der Waals surface area (Å²) < 4.78 is 16.5. The third kappa shape index (κ3) is 33.4. The molecule has 0 radical (unpaired) electrons. The Kier molecular flexibility index (Phi) is 38.5. The van der Waals surface area contributed by atoms with Crippen LogP contribution in [0.15, 0.2) is 4.99 Å². The third-order valence-electron chi connectivity index (χ3n) is 10.0. The topological polar surface area (TPSA) is 57.1 Å². The Bertz CT molecular complexity index is 616. The van der Waals surface area contributed by atoms with E-state index in [9.17, 15) is 4.79 Å². The fourth-order valence-corrected chi connectivity index (χ4v) is 8.59. The SMILES string of the molecule is CO[Si](CCCCCCCCCCCCCCCCCCCCCCCCCCCCCCCCCCCCN=C=O)(OC)OC. The highest BCUT2D eigenvalue weighted by atomic mass is 28.4. The normalized spacial score (nSPS) is 11.7. The molecule has 5 nitrogen and oxygen atoms in total. The maximum absolute atomic E-state index is 10.0. The fourth-order valence-electron chi connectivity index (χ4n) is 6.79. The number of nitrogens with zero attached hydrogens (tertiary/aromatic N) is 1. The van der Waals surface area contributed by atoms with Crippen molar-refractivity contribution < 1.29 is 18.1 Å². The molecule has 46 heavy (non-hydrogen) atoms. The molecule has 0 heterocycles. The summed E-state index contributed by atoms with van der Waals surface area (Å²) in [5.41, 5.74) is 0. The van der Waals surface area contributed by atoms with Gasteiger partial charge in [0.05, 0.1) is 6.54 Å². The van der Waals surface area contributed by atoms with Crippen LogP contribution in [0.3, 0.4) is 0 Å². The molecule has 0 saturated carbocycles. The molecule has 0 N–H and O–H groups in total. The predicted octanol–water partition coefficient (Wildman–Crippen LogP) is 13.5. The number of aliphatic imine (C=N–C) groups is 1. The molecule has 0 amide bonds. The van der Waals surface area contributed by atoms with Crippen LogP contribution in [0.5, 0.6) is 0 Å². The fraction of sp³-hybridized carbons (Fsp3) is 0.975. The number of hydrogen-bond acceptors (Lipinski definition) is 5. The van der Waals surface area contributed by atoms with Gasteiger partial charge in [-0.1, -0.05) is 205 Å². The van der Waals surface area contributed by atoms with Crippen LogP contribution >= 0.6 is 0 Å². The van der Waals surface area contributed by atoms with E-state index in [-0.39, 0.29) is 0 Å². The zero-order valence-electron chi connectivity index (χ0n) is 31.5. The van der Waals surface area contributed by atoms with Crippen molar-refractivity contribution in [3.8, 4) is 0 Å². The summed E-state index contributed by atoms with van der Waals surface area (Å²) in [7, 11) is 2.77. The lowest BCUT2D eigenvalue weighted by Crippen LogP contribution is -2.42. The number of isocyanates is 1. The highest BCUT2D eigenvalue weighted by Gasteiger charge is 2.36. The van der Waals surface area contributed by atoms with Crippen molar-refractivity contribution in [1.29, 1.82) is 0 Å². The van der Waals surface area contributed by atoms with E-state index in [0.29, 0.717) is 6.54 Å². The van der Waals surface area contributed by atoms with Crippen LogP contribution in [0.2, 0.25) is 6.04 Å². The maximum atomic E-state index is 10.0. The van der Waals surface area contributed by atoms with Crippen LogP contribution in [-0.2, 0) is 18.1 Å². The highest BCUT2D eigenvalue weighted by Crippen LogP contribution is 2.20. The van der Waals surface area contributed by atoms with Crippen molar-refractivity contribution in [3.05, 3.63) is 0 Å². The number of unbranched alkanes of at least 4 members (excludes halogenated alkanes) is 33. The largest absolute Gasteiger partial charge is 0.500 e. The lowest BCUT2D eigenvalue weighted by Gasteiger charge is -2.24. The van der Waals surface area contributed by atoms with Gasteiger partial charge in [0, 0.05) is 27.4 Å². The second-order valence-corrected chi connectivity index (χ2v) is 17.1. The Morgan fingerprint density at radius 2 is 0.543 bits per heavy atom. The summed E-state index contributed by atoms with van der Waals surface area (Å²) in [6.45, 7) is 0.666. The van der Waals surface area contributed by atoms with Crippen LogP contribution in [-0.4, -0.2) is 42.8 Å². The quantitative estimate of drug-likeness (QED) is 0.0282. The Labute approximate surface area is 289 Å². The first-order valence-electron chi connectivity index (χ1n) is 20.4. The Morgan fingerprint density at radius 1 is 0.348 bits per heavy atom. The summed E-state index contributed by atoms with van der Waals surface area (Å²) >= 11 is 0. The van der Waals surface area contributed by atoms with Crippen LogP contribution in [0.25, 0.3) is 0 Å². The number of hydrogen-bond donors (Lipinski definition) is 0. The molecule has 0 saturated heterocycles. The van der Waals surface area contributed by atoms with Gasteiger partial charge in [0.25, 0.3) is 0 Å². The van der Waals surface area contributed by atoms with Gasteiger partial charge in [-0.05, 0) is 12.8 Å². The van der Waals surface area contributed by atoms with Gasteiger partial charge in [0.2, 0.25) is 6.08 Å². The minimum absolute atomic E-state index is 0.666. The van der Waals surface area contributed by atoms with E-state index in [1.54, 1.807) is 27.4 Å². The smallest absolute Gasteiger partial charge is 0.377 e. The van der Waals surface area contributed by atoms with Crippen molar-refractivity contribution >= 4 is 14.9 Å². The molecule has 0 aromatic carbocycles. The van der Waals surface area contributed by atoms with E-state index >= 15 is 0 Å². The summed E-state index contributed by atoms with van der Waals surface area (Å²) in [5.74, 6) is 0. The highest BCUT2D eigenvalue weighted by molar-refractivity contribution is 6.60. The molecule has 0 aliphatic rings. The van der Waals surface area contributed by atoms with Crippen LogP contribution in [0, 0.1) is 0 Å². The van der Waals surface area contributed by atoms with E-state index in [0.717, 1.165) is 18.9 Å². The summed E-state index contributed by atoms with van der Waals surface area (Å²) in [4.78, 5) is 13.6. The van der Waals surface area contributed by atoms with Gasteiger partial charge in [-0.2, -0.15) is 0 Å². The number of carbonyl (C=O) groups excluding carboxylic acids is 1. The molecular weight excluding hydrogens is 587 g/mol. The van der Waals surface area contributed by atoms with Gasteiger partial charge in [-0.15, -0.1) is 0 Å². The average molecular weight is 668 g/mol. The third-order valence-corrected chi connectivity index (χ3v) is 12.8. The van der Waals surface area contributed by atoms with Gasteiger partial charge in [0.15, 0.2) is 0 Å². The van der Waals surface area contributed by atoms with Gasteiger partial charge in [-0.3, -0.25) is 0 Å². The molecule has 0 aromatic heterocycles. The number of rotatable bonds is 40. The molecular formula is C40H81NO4Si. The molecule has 6 heteroatoms. The summed E-state index contributed by atoms with van der Waals surface area (Å²) in [6, 6.07) is 0.936. The molecule has 0 unspecified atom stereocenters. The van der Waals surface area contributed by atoms with E-state index in [2.05, 4.69) is 4.99 Å². The second kappa shape index (κ2) is 38.9. The monoisotopic (exact) mass is 668 g/mol. The standard InChI is InChI=1S/C40H81NO4Si/c1-43-46(44-2,45-3)39-37-35-33-31-29-27-25-23-21-19-17-15-13-11-9-7-5-4-6-8-10-12-14-16-18-20-22-24-26-28-30-32-34-36-38-41-40-42/h4-39H2,1-3H3. The summed E-state index contributed by atoms with van der Waals surface area (Å²) in [5, 5.41) is 0. The van der Waals surface area contributed by atoms with Crippen molar-refractivity contribution in [2.75, 3.05) is 27.9 Å². The maximum Gasteiger partial charge on any atom is 0.500 e. The molecule has 0 fully saturated rings. The predicted molar refractivity (Wildman–Crippen MR) is 202 cm³/mol. The van der Waals surface area contributed by atoms with Gasteiger partial charge >= 0.3 is 8.80 Å². The van der Waals surface area contributed by atoms with Crippen molar-refractivity contribution in [2.45, 2.75) is 224 Å². The van der Waals surface area contributed by atoms with Gasteiger partial charge < -0.3 is 13.3 Å². The molecule has 0 aromatic rings. The minimum Gasteiger partial charge on any atom is -0.377 e. The molecule has 0 aliphatic carbocycles. The molecule has 0 aliphatic heterocycles. The lowest BCUT2D eigenvalue weighted by atomic mass is 10.0. The first-order valence-corrected chi connectivity index (χ1v) is 22.4. The van der Waals surface area contributed by atoms with Crippen molar-refractivity contribution in [1.82, 2.24) is 0 Å². The van der Waals surface area contributed by atoms with Crippen LogP contribution in [0.4, 0.5) is 0 Å². The molecule has 0 atom stereocenters. The Morgan fingerprint density at radius 3 is 0.739 bits per heavy atom. The first kappa shape index (κ1) is 45.5. The molecule has 274 valence electrons. The molecule has 0 rings (SSSR count). The van der Waals surface area contributed by atoms with E-state index in [1.165, 1.54) is 205 Å². The van der Waals surface area contributed by atoms with E-state index < -0.39 is 8.80 Å². The summed E-state index contributed by atoms with van der Waals surface area (Å²) in [6.07, 6.45) is 49.2. The van der Waals surface area contributed by atoms with Gasteiger partial charge in [-0.25, -0.2) is 9.79 Å². The van der Waals surface area contributed by atoms with Crippen molar-refractivity contribution in [2.24, 2.45) is 4.99 Å². The first-order chi connectivity index (χ1) is 22.7. The van der Waals surface area contributed by atoms with E-state index in [1.807, 2.05) is 0 Å². The second-order valence-electron chi connectivity index (χ2n) is 14.0. The van der Waals surface area contributed by atoms with Crippen LogP contribution in [0.1, 0.15) is 218 Å². The molecule has 0 spiro atoms. The Balaban J connectivity index is 3.12.